The Balaban J connectivity index is 1.84. The van der Waals surface area contributed by atoms with Crippen molar-refractivity contribution in [3.8, 4) is 5.75 Å². The molecule has 0 amide bonds. The fraction of sp³-hybridized carbons (Fsp3) is 0.286. The molecule has 0 unspecified atom stereocenters. The summed E-state index contributed by atoms with van der Waals surface area (Å²) in [6, 6.07) is 14.5. The van der Waals surface area contributed by atoms with Gasteiger partial charge in [-0.3, -0.25) is 0 Å². The first kappa shape index (κ1) is 9.67. The van der Waals surface area contributed by atoms with E-state index in [0.29, 0.717) is 5.92 Å². The van der Waals surface area contributed by atoms with Gasteiger partial charge in [-0.05, 0) is 11.5 Å². The van der Waals surface area contributed by atoms with Crippen molar-refractivity contribution < 1.29 is 9.47 Å². The number of hydrogen-bond donors (Lipinski definition) is 0. The number of hydrogen-bond acceptors (Lipinski definition) is 2. The first-order valence-corrected chi connectivity index (χ1v) is 5.62. The van der Waals surface area contributed by atoms with Crippen molar-refractivity contribution in [2.75, 3.05) is 19.8 Å². The highest BCUT2D eigenvalue weighted by Crippen LogP contribution is 2.26. The fourth-order valence-corrected chi connectivity index (χ4v) is 1.91. The smallest absolute Gasteiger partial charge is 0.127 e. The van der Waals surface area contributed by atoms with Crippen LogP contribution in [0.25, 0.3) is 10.8 Å². The van der Waals surface area contributed by atoms with E-state index in [1.165, 1.54) is 10.8 Å². The molecule has 1 aliphatic heterocycles. The van der Waals surface area contributed by atoms with Gasteiger partial charge in [-0.2, -0.15) is 0 Å². The van der Waals surface area contributed by atoms with Crippen LogP contribution >= 0.6 is 0 Å². The van der Waals surface area contributed by atoms with E-state index >= 15 is 0 Å². The van der Waals surface area contributed by atoms with E-state index in [4.69, 9.17) is 9.47 Å². The molecule has 16 heavy (non-hydrogen) atoms. The predicted molar refractivity (Wildman–Crippen MR) is 63.8 cm³/mol. The molecule has 1 fully saturated rings. The molecule has 0 N–H and O–H groups in total. The maximum absolute atomic E-state index is 5.84. The molecule has 2 nitrogen and oxygen atoms in total. The van der Waals surface area contributed by atoms with Crippen LogP contribution in [-0.2, 0) is 4.74 Å². The lowest BCUT2D eigenvalue weighted by Gasteiger charge is -2.25. The van der Waals surface area contributed by atoms with Gasteiger partial charge in [0.25, 0.3) is 0 Å². The summed E-state index contributed by atoms with van der Waals surface area (Å²) in [5.41, 5.74) is 0. The van der Waals surface area contributed by atoms with Crippen LogP contribution < -0.4 is 4.74 Å². The van der Waals surface area contributed by atoms with E-state index in [1.807, 2.05) is 24.3 Å². The Kier molecular flexibility index (Phi) is 2.50. The van der Waals surface area contributed by atoms with Crippen LogP contribution in [0, 0.1) is 5.92 Å². The number of rotatable bonds is 3. The van der Waals surface area contributed by atoms with Crippen molar-refractivity contribution in [3.63, 3.8) is 0 Å². The van der Waals surface area contributed by atoms with Gasteiger partial charge in [0.1, 0.15) is 5.75 Å². The van der Waals surface area contributed by atoms with E-state index in [2.05, 4.69) is 18.2 Å². The highest BCUT2D eigenvalue weighted by atomic mass is 16.5. The molecule has 0 bridgehead atoms. The second-order valence-electron chi connectivity index (χ2n) is 4.19. The molecule has 1 heterocycles. The van der Waals surface area contributed by atoms with Crippen LogP contribution in [-0.4, -0.2) is 19.8 Å². The maximum Gasteiger partial charge on any atom is 0.127 e. The molecule has 0 aromatic heterocycles. The van der Waals surface area contributed by atoms with E-state index in [1.54, 1.807) is 0 Å². The molecule has 0 aliphatic carbocycles. The molecule has 0 radical (unpaired) electrons. The Bertz CT molecular complexity index is 484. The Morgan fingerprint density at radius 2 is 1.88 bits per heavy atom. The van der Waals surface area contributed by atoms with Gasteiger partial charge >= 0.3 is 0 Å². The van der Waals surface area contributed by atoms with E-state index in [0.717, 1.165) is 25.6 Å². The van der Waals surface area contributed by atoms with Gasteiger partial charge in [-0.25, -0.2) is 0 Å². The van der Waals surface area contributed by atoms with Crippen LogP contribution in [0.15, 0.2) is 42.5 Å². The summed E-state index contributed by atoms with van der Waals surface area (Å²) in [6.45, 7) is 2.43. The molecule has 2 aromatic carbocycles. The minimum atomic E-state index is 0.568. The third-order valence-electron chi connectivity index (χ3n) is 2.93. The minimum absolute atomic E-state index is 0.568. The first-order chi connectivity index (χ1) is 7.93. The molecule has 2 heteroatoms. The summed E-state index contributed by atoms with van der Waals surface area (Å²) in [4.78, 5) is 0. The lowest BCUT2D eigenvalue weighted by atomic mass is 10.1. The fourth-order valence-electron chi connectivity index (χ4n) is 1.91. The van der Waals surface area contributed by atoms with Crippen LogP contribution in [0.2, 0.25) is 0 Å². The molecule has 82 valence electrons. The summed E-state index contributed by atoms with van der Waals surface area (Å²) in [5.74, 6) is 1.55. The second kappa shape index (κ2) is 4.14. The van der Waals surface area contributed by atoms with Gasteiger partial charge < -0.3 is 9.47 Å². The molecule has 0 atom stereocenters. The van der Waals surface area contributed by atoms with Crippen molar-refractivity contribution in [1.82, 2.24) is 0 Å². The molecule has 1 saturated heterocycles. The van der Waals surface area contributed by atoms with Crippen LogP contribution in [0.3, 0.4) is 0 Å². The Labute approximate surface area is 94.8 Å². The van der Waals surface area contributed by atoms with Crippen LogP contribution in [0.1, 0.15) is 0 Å². The molecule has 0 spiro atoms. The third kappa shape index (κ3) is 1.76. The zero-order valence-corrected chi connectivity index (χ0v) is 9.06. The summed E-state index contributed by atoms with van der Waals surface area (Å²) in [5, 5.41) is 2.41. The number of fused-ring (bicyclic) bond motifs is 1. The molecular weight excluding hydrogens is 200 g/mol. The molecule has 0 saturated carbocycles. The van der Waals surface area contributed by atoms with Crippen molar-refractivity contribution >= 4 is 10.8 Å². The lowest BCUT2D eigenvalue weighted by Crippen LogP contribution is -2.32. The van der Waals surface area contributed by atoms with Crippen molar-refractivity contribution in [1.29, 1.82) is 0 Å². The van der Waals surface area contributed by atoms with Gasteiger partial charge in [-0.1, -0.05) is 36.4 Å². The second-order valence-corrected chi connectivity index (χ2v) is 4.19. The highest BCUT2D eigenvalue weighted by molar-refractivity contribution is 5.88. The Morgan fingerprint density at radius 3 is 2.69 bits per heavy atom. The van der Waals surface area contributed by atoms with Gasteiger partial charge in [-0.15, -0.1) is 0 Å². The standard InChI is InChI=1S/C14H14O2/c1-2-6-13-12(4-1)5-3-7-14(13)16-10-11-8-15-9-11/h1-7,11H,8-10H2. The van der Waals surface area contributed by atoms with Gasteiger partial charge in [0.05, 0.1) is 19.8 Å². The Morgan fingerprint density at radius 1 is 1.06 bits per heavy atom. The summed E-state index contributed by atoms with van der Waals surface area (Å²) >= 11 is 0. The maximum atomic E-state index is 5.84. The van der Waals surface area contributed by atoms with Gasteiger partial charge in [0, 0.05) is 11.3 Å². The van der Waals surface area contributed by atoms with E-state index < -0.39 is 0 Å². The molecule has 2 aromatic rings. The molecule has 3 rings (SSSR count). The SMILES string of the molecule is c1ccc2c(OCC3COC3)cccc2c1. The molecule has 1 aliphatic rings. The average molecular weight is 214 g/mol. The Hall–Kier alpha value is -1.54. The van der Waals surface area contributed by atoms with Crippen molar-refractivity contribution in [3.05, 3.63) is 42.5 Å². The number of benzene rings is 2. The average Bonchev–Trinajstić information content (AvgIpc) is 2.27. The highest BCUT2D eigenvalue weighted by Gasteiger charge is 2.19. The van der Waals surface area contributed by atoms with Crippen molar-refractivity contribution in [2.45, 2.75) is 0 Å². The normalized spacial score (nSPS) is 16.0. The molecular formula is C14H14O2. The predicted octanol–water partition coefficient (Wildman–Crippen LogP) is 2.87. The largest absolute Gasteiger partial charge is 0.492 e. The monoisotopic (exact) mass is 214 g/mol. The minimum Gasteiger partial charge on any atom is -0.492 e. The summed E-state index contributed by atoms with van der Waals surface area (Å²) < 4.78 is 11.0. The lowest BCUT2D eigenvalue weighted by molar-refractivity contribution is -0.0506. The van der Waals surface area contributed by atoms with Crippen molar-refractivity contribution in [2.24, 2.45) is 5.92 Å². The van der Waals surface area contributed by atoms with Crippen LogP contribution in [0.5, 0.6) is 5.75 Å². The first-order valence-electron chi connectivity index (χ1n) is 5.62. The van der Waals surface area contributed by atoms with E-state index in [9.17, 15) is 0 Å². The zero-order chi connectivity index (χ0) is 10.8. The van der Waals surface area contributed by atoms with Crippen LogP contribution in [0.4, 0.5) is 0 Å². The number of ether oxygens (including phenoxy) is 2. The van der Waals surface area contributed by atoms with E-state index in [-0.39, 0.29) is 0 Å². The third-order valence-corrected chi connectivity index (χ3v) is 2.93. The summed E-state index contributed by atoms with van der Waals surface area (Å²) in [6.07, 6.45) is 0. The summed E-state index contributed by atoms with van der Waals surface area (Å²) in [7, 11) is 0. The van der Waals surface area contributed by atoms with Gasteiger partial charge in [0.2, 0.25) is 0 Å². The van der Waals surface area contributed by atoms with Gasteiger partial charge in [0.15, 0.2) is 0 Å². The quantitative estimate of drug-likeness (QED) is 0.782. The topological polar surface area (TPSA) is 18.5 Å². The zero-order valence-electron chi connectivity index (χ0n) is 9.06.